The Labute approximate surface area is 111 Å². The molecule has 1 N–H and O–H groups in total. The van der Waals surface area contributed by atoms with Crippen LogP contribution >= 0.6 is 0 Å². The highest BCUT2D eigenvalue weighted by Crippen LogP contribution is 2.12. The number of carbonyl (C=O) groups is 2. The molecule has 1 amide bonds. The van der Waals surface area contributed by atoms with Gasteiger partial charge in [0.1, 0.15) is 0 Å². The topological polar surface area (TPSA) is 62.0 Å². The fourth-order valence-corrected chi connectivity index (χ4v) is 1.96. The van der Waals surface area contributed by atoms with Gasteiger partial charge in [-0.15, -0.1) is 0 Å². The van der Waals surface area contributed by atoms with Crippen molar-refractivity contribution in [3.63, 3.8) is 0 Å². The summed E-state index contributed by atoms with van der Waals surface area (Å²) in [5, 5.41) is 8.86. The molecule has 0 aliphatic rings. The lowest BCUT2D eigenvalue weighted by atomic mass is 10.1. The van der Waals surface area contributed by atoms with Gasteiger partial charge in [-0.2, -0.15) is 0 Å². The number of aromatic nitrogens is 1. The molecular formula is C14H16N2O3. The maximum absolute atomic E-state index is 12.2. The Kier molecular flexibility index (Phi) is 3.55. The number of carboxylic acid groups (broad SMARTS) is 1. The third-order valence-corrected chi connectivity index (χ3v) is 3.07. The summed E-state index contributed by atoms with van der Waals surface area (Å²) < 4.78 is 1.86. The van der Waals surface area contributed by atoms with E-state index < -0.39 is 11.9 Å². The Morgan fingerprint density at radius 1 is 1.42 bits per heavy atom. The number of nitrogens with zero attached hydrogens (tertiary/aromatic N) is 2. The monoisotopic (exact) mass is 260 g/mol. The molecule has 0 aliphatic heterocycles. The number of amides is 1. The lowest BCUT2D eigenvalue weighted by molar-refractivity contribution is -0.141. The maximum Gasteiger partial charge on any atom is 0.308 e. The minimum absolute atomic E-state index is 0.170. The standard InChI is InChI=1S/C14H16N2O3/c1-10(14(18)19)8-15(2)13(17)11-7-12-5-3-4-6-16(12)9-11/h3-7,9-10H,8H2,1-2H3,(H,18,19). The van der Waals surface area contributed by atoms with E-state index in [2.05, 4.69) is 0 Å². The molecule has 5 nitrogen and oxygen atoms in total. The van der Waals surface area contributed by atoms with Gasteiger partial charge in [-0.1, -0.05) is 13.0 Å². The van der Waals surface area contributed by atoms with Crippen molar-refractivity contribution in [1.82, 2.24) is 9.30 Å². The Hall–Kier alpha value is -2.30. The molecular weight excluding hydrogens is 244 g/mol. The summed E-state index contributed by atoms with van der Waals surface area (Å²) >= 11 is 0. The molecule has 0 bridgehead atoms. The van der Waals surface area contributed by atoms with E-state index in [1.807, 2.05) is 28.8 Å². The average Bonchev–Trinajstić information content (AvgIpc) is 2.81. The van der Waals surface area contributed by atoms with E-state index in [1.54, 1.807) is 26.2 Å². The molecule has 0 spiro atoms. The van der Waals surface area contributed by atoms with Crippen molar-refractivity contribution in [2.24, 2.45) is 5.92 Å². The number of carboxylic acids is 1. The van der Waals surface area contributed by atoms with E-state index in [9.17, 15) is 9.59 Å². The quantitative estimate of drug-likeness (QED) is 0.910. The summed E-state index contributed by atoms with van der Waals surface area (Å²) in [7, 11) is 1.62. The molecule has 0 aromatic carbocycles. The second-order valence-electron chi connectivity index (χ2n) is 4.69. The molecule has 0 saturated carbocycles. The number of carbonyl (C=O) groups excluding carboxylic acids is 1. The van der Waals surface area contributed by atoms with Gasteiger partial charge in [0.2, 0.25) is 0 Å². The Morgan fingerprint density at radius 2 is 2.16 bits per heavy atom. The van der Waals surface area contributed by atoms with Gasteiger partial charge in [0.05, 0.1) is 11.5 Å². The second kappa shape index (κ2) is 5.14. The van der Waals surface area contributed by atoms with Crippen LogP contribution in [0, 0.1) is 5.92 Å². The smallest absolute Gasteiger partial charge is 0.308 e. The lowest BCUT2D eigenvalue weighted by Crippen LogP contribution is -2.33. The molecule has 0 fully saturated rings. The van der Waals surface area contributed by atoms with Gasteiger partial charge in [-0.25, -0.2) is 0 Å². The van der Waals surface area contributed by atoms with Crippen molar-refractivity contribution in [1.29, 1.82) is 0 Å². The minimum atomic E-state index is -0.901. The first-order valence-corrected chi connectivity index (χ1v) is 6.04. The van der Waals surface area contributed by atoms with Crippen molar-refractivity contribution in [2.75, 3.05) is 13.6 Å². The molecule has 2 heterocycles. The van der Waals surface area contributed by atoms with Crippen LogP contribution in [0.1, 0.15) is 17.3 Å². The third-order valence-electron chi connectivity index (χ3n) is 3.07. The predicted molar refractivity (Wildman–Crippen MR) is 71.2 cm³/mol. The fraction of sp³-hybridized carbons (Fsp3) is 0.286. The van der Waals surface area contributed by atoms with Crippen molar-refractivity contribution < 1.29 is 14.7 Å². The van der Waals surface area contributed by atoms with Gasteiger partial charge in [0, 0.05) is 31.5 Å². The largest absolute Gasteiger partial charge is 0.481 e. The predicted octanol–water partition coefficient (Wildman–Crippen LogP) is 1.73. The molecule has 2 aromatic heterocycles. The first kappa shape index (κ1) is 13.1. The number of hydrogen-bond donors (Lipinski definition) is 1. The molecule has 0 radical (unpaired) electrons. The first-order valence-electron chi connectivity index (χ1n) is 6.04. The van der Waals surface area contributed by atoms with E-state index in [0.717, 1.165) is 5.52 Å². The van der Waals surface area contributed by atoms with Crippen LogP contribution in [0.15, 0.2) is 36.7 Å². The van der Waals surface area contributed by atoms with Crippen LogP contribution in [0.2, 0.25) is 0 Å². The molecule has 1 atom stereocenters. The molecule has 0 saturated heterocycles. The Bertz CT molecular complexity index is 585. The zero-order valence-corrected chi connectivity index (χ0v) is 10.9. The van der Waals surface area contributed by atoms with Crippen LogP contribution < -0.4 is 0 Å². The third kappa shape index (κ3) is 2.76. The van der Waals surface area contributed by atoms with Crippen LogP contribution in [0.5, 0.6) is 0 Å². The van der Waals surface area contributed by atoms with Crippen molar-refractivity contribution in [3.8, 4) is 0 Å². The maximum atomic E-state index is 12.2. The summed E-state index contributed by atoms with van der Waals surface area (Å²) in [6, 6.07) is 7.50. The molecule has 5 heteroatoms. The average molecular weight is 260 g/mol. The van der Waals surface area contributed by atoms with Gasteiger partial charge in [-0.05, 0) is 18.2 Å². The van der Waals surface area contributed by atoms with Gasteiger partial charge in [-0.3, -0.25) is 9.59 Å². The number of pyridine rings is 1. The number of rotatable bonds is 4. The molecule has 1 unspecified atom stereocenters. The zero-order chi connectivity index (χ0) is 14.0. The zero-order valence-electron chi connectivity index (χ0n) is 10.9. The van der Waals surface area contributed by atoms with Crippen molar-refractivity contribution in [2.45, 2.75) is 6.92 Å². The van der Waals surface area contributed by atoms with Crippen LogP contribution in [0.3, 0.4) is 0 Å². The van der Waals surface area contributed by atoms with Crippen molar-refractivity contribution in [3.05, 3.63) is 42.2 Å². The summed E-state index contributed by atoms with van der Waals surface area (Å²) in [4.78, 5) is 24.4. The van der Waals surface area contributed by atoms with E-state index in [1.165, 1.54) is 4.90 Å². The molecule has 19 heavy (non-hydrogen) atoms. The van der Waals surface area contributed by atoms with Crippen LogP contribution in [0.4, 0.5) is 0 Å². The molecule has 100 valence electrons. The van der Waals surface area contributed by atoms with Gasteiger partial charge in [0.25, 0.3) is 5.91 Å². The summed E-state index contributed by atoms with van der Waals surface area (Å²) in [6.45, 7) is 1.78. The fourth-order valence-electron chi connectivity index (χ4n) is 1.96. The van der Waals surface area contributed by atoms with Gasteiger partial charge >= 0.3 is 5.97 Å². The van der Waals surface area contributed by atoms with E-state index in [0.29, 0.717) is 5.56 Å². The highest BCUT2D eigenvalue weighted by molar-refractivity contribution is 5.95. The van der Waals surface area contributed by atoms with Crippen LogP contribution in [-0.2, 0) is 4.79 Å². The SMILES string of the molecule is CC(CN(C)C(=O)c1cc2ccccn2c1)C(=O)O. The number of aliphatic carboxylic acids is 1. The van der Waals surface area contributed by atoms with Crippen LogP contribution in [0.25, 0.3) is 5.52 Å². The summed E-state index contributed by atoms with van der Waals surface area (Å²) in [6.07, 6.45) is 3.62. The van der Waals surface area contributed by atoms with Crippen molar-refractivity contribution >= 4 is 17.4 Å². The Balaban J connectivity index is 2.16. The second-order valence-corrected chi connectivity index (χ2v) is 4.69. The summed E-state index contributed by atoms with van der Waals surface area (Å²) in [5.41, 5.74) is 1.50. The van der Waals surface area contributed by atoms with E-state index >= 15 is 0 Å². The normalized spacial score (nSPS) is 12.3. The first-order chi connectivity index (χ1) is 8.99. The molecule has 2 rings (SSSR count). The minimum Gasteiger partial charge on any atom is -0.481 e. The lowest BCUT2D eigenvalue weighted by Gasteiger charge is -2.18. The number of hydrogen-bond acceptors (Lipinski definition) is 2. The molecule has 0 aliphatic carbocycles. The highest BCUT2D eigenvalue weighted by atomic mass is 16.4. The number of fused-ring (bicyclic) bond motifs is 1. The Morgan fingerprint density at radius 3 is 2.79 bits per heavy atom. The van der Waals surface area contributed by atoms with E-state index in [4.69, 9.17) is 5.11 Å². The van der Waals surface area contributed by atoms with Gasteiger partial charge < -0.3 is 14.4 Å². The van der Waals surface area contributed by atoms with Gasteiger partial charge in [0.15, 0.2) is 0 Å². The summed E-state index contributed by atoms with van der Waals surface area (Å²) in [5.74, 6) is -1.65. The highest BCUT2D eigenvalue weighted by Gasteiger charge is 2.19. The van der Waals surface area contributed by atoms with Crippen LogP contribution in [-0.4, -0.2) is 39.9 Å². The van der Waals surface area contributed by atoms with E-state index in [-0.39, 0.29) is 12.5 Å². The molecule has 2 aromatic rings.